The second-order valence-corrected chi connectivity index (χ2v) is 7.23. The molecule has 6 nitrogen and oxygen atoms in total. The fourth-order valence-electron chi connectivity index (χ4n) is 2.66. The molecule has 2 rings (SSSR count). The summed E-state index contributed by atoms with van der Waals surface area (Å²) in [5.41, 5.74) is 1.63. The Hall–Kier alpha value is -2.93. The molecule has 0 aromatic heterocycles. The van der Waals surface area contributed by atoms with Crippen LogP contribution in [0, 0.1) is 0 Å². The quantitative estimate of drug-likeness (QED) is 0.384. The number of ether oxygens (including phenoxy) is 1. The van der Waals surface area contributed by atoms with E-state index in [2.05, 4.69) is 22.9 Å². The molecule has 0 unspecified atom stereocenters. The number of rotatable bonds is 10. The number of nitrogens with one attached hydrogen (secondary N) is 3. The first-order chi connectivity index (χ1) is 14.5. The van der Waals surface area contributed by atoms with Gasteiger partial charge in [0.15, 0.2) is 5.11 Å². The topological polar surface area (TPSA) is 79.5 Å². The zero-order chi connectivity index (χ0) is 21.8. The minimum atomic E-state index is -0.318. The zero-order valence-corrected chi connectivity index (χ0v) is 18.3. The third-order valence-electron chi connectivity index (χ3n) is 4.28. The third kappa shape index (κ3) is 7.83. The Morgan fingerprint density at radius 1 is 0.933 bits per heavy atom. The lowest BCUT2D eigenvalue weighted by Crippen LogP contribution is -2.34. The molecule has 7 heteroatoms. The van der Waals surface area contributed by atoms with Crippen molar-refractivity contribution in [2.45, 2.75) is 39.5 Å². The fourth-order valence-corrected chi connectivity index (χ4v) is 2.87. The first kappa shape index (κ1) is 23.3. The minimum Gasteiger partial charge on any atom is -0.494 e. The Balaban J connectivity index is 1.87. The highest BCUT2D eigenvalue weighted by atomic mass is 32.1. The highest BCUT2D eigenvalue weighted by molar-refractivity contribution is 7.80. The number of amides is 2. The number of thiocarbonyl (C=S) groups is 1. The van der Waals surface area contributed by atoms with E-state index < -0.39 is 0 Å². The molecule has 2 aromatic carbocycles. The lowest BCUT2D eigenvalue weighted by atomic mass is 10.2. The van der Waals surface area contributed by atoms with E-state index in [-0.39, 0.29) is 16.9 Å². The van der Waals surface area contributed by atoms with Crippen LogP contribution in [0.5, 0.6) is 5.75 Å². The largest absolute Gasteiger partial charge is 0.494 e. The molecular weight excluding hydrogens is 398 g/mol. The molecule has 2 aromatic rings. The predicted molar refractivity (Wildman–Crippen MR) is 124 cm³/mol. The summed E-state index contributed by atoms with van der Waals surface area (Å²) in [6.07, 6.45) is 4.16. The van der Waals surface area contributed by atoms with E-state index in [4.69, 9.17) is 17.0 Å². The third-order valence-corrected chi connectivity index (χ3v) is 4.48. The number of hydrogen-bond acceptors (Lipinski definition) is 4. The molecule has 30 heavy (non-hydrogen) atoms. The van der Waals surface area contributed by atoms with Gasteiger partial charge in [0, 0.05) is 23.4 Å². The molecule has 0 spiro atoms. The summed E-state index contributed by atoms with van der Waals surface area (Å²) in [5.74, 6) is 0.274. The number of unbranched alkanes of at least 4 members (excludes halogenated alkanes) is 2. The number of hydrogen-bond donors (Lipinski definition) is 3. The number of carbonyl (C=O) groups is 2. The zero-order valence-electron chi connectivity index (χ0n) is 17.5. The van der Waals surface area contributed by atoms with E-state index in [9.17, 15) is 9.59 Å². The summed E-state index contributed by atoms with van der Waals surface area (Å²) in [7, 11) is 0. The molecule has 0 bridgehead atoms. The van der Waals surface area contributed by atoms with Crippen LogP contribution in [0.4, 0.5) is 5.69 Å². The van der Waals surface area contributed by atoms with E-state index in [1.165, 1.54) is 0 Å². The van der Waals surface area contributed by atoms with Gasteiger partial charge in [0.2, 0.25) is 0 Å². The van der Waals surface area contributed by atoms with Gasteiger partial charge in [-0.3, -0.25) is 14.9 Å². The molecule has 0 aliphatic heterocycles. The van der Waals surface area contributed by atoms with Gasteiger partial charge in [0.05, 0.1) is 6.61 Å². The minimum absolute atomic E-state index is 0.146. The molecule has 0 atom stereocenters. The van der Waals surface area contributed by atoms with Gasteiger partial charge in [0.25, 0.3) is 11.8 Å². The molecule has 0 heterocycles. The normalized spacial score (nSPS) is 10.2. The molecule has 3 N–H and O–H groups in total. The van der Waals surface area contributed by atoms with E-state index in [1.807, 2.05) is 6.92 Å². The van der Waals surface area contributed by atoms with Gasteiger partial charge in [-0.1, -0.05) is 32.8 Å². The predicted octanol–water partition coefficient (Wildman–Crippen LogP) is 4.52. The summed E-state index contributed by atoms with van der Waals surface area (Å²) in [5, 5.41) is 8.57. The smallest absolute Gasteiger partial charge is 0.257 e. The summed E-state index contributed by atoms with van der Waals surface area (Å²) in [6.45, 7) is 5.43. The standard InChI is InChI=1S/C23H29N3O3S/c1-3-5-6-15-29-20-12-10-17(11-13-20)22(28)26-23(30)25-19-9-7-8-18(16-19)21(27)24-14-4-2/h7-13,16H,3-6,14-15H2,1-2H3,(H,24,27)(H2,25,26,28,30). The van der Waals surface area contributed by atoms with Crippen LogP contribution < -0.4 is 20.7 Å². The molecule has 2 amide bonds. The highest BCUT2D eigenvalue weighted by Gasteiger charge is 2.10. The van der Waals surface area contributed by atoms with E-state index in [0.717, 1.165) is 31.4 Å². The molecule has 0 aliphatic carbocycles. The maximum atomic E-state index is 12.4. The van der Waals surface area contributed by atoms with Crippen molar-refractivity contribution in [3.05, 3.63) is 59.7 Å². The Labute approximate surface area is 183 Å². The van der Waals surface area contributed by atoms with Gasteiger partial charge in [-0.15, -0.1) is 0 Å². The average molecular weight is 428 g/mol. The van der Waals surface area contributed by atoms with Crippen LogP contribution in [0.25, 0.3) is 0 Å². The molecule has 0 saturated heterocycles. The molecular formula is C23H29N3O3S. The number of carbonyl (C=O) groups excluding carboxylic acids is 2. The van der Waals surface area contributed by atoms with Crippen LogP contribution in [0.2, 0.25) is 0 Å². The summed E-state index contributed by atoms with van der Waals surface area (Å²) in [4.78, 5) is 24.5. The molecule has 0 aliphatic rings. The van der Waals surface area contributed by atoms with Crippen LogP contribution >= 0.6 is 12.2 Å². The lowest BCUT2D eigenvalue weighted by Gasteiger charge is -2.11. The van der Waals surface area contributed by atoms with E-state index in [1.54, 1.807) is 48.5 Å². The maximum absolute atomic E-state index is 12.4. The first-order valence-electron chi connectivity index (χ1n) is 10.3. The van der Waals surface area contributed by atoms with Crippen LogP contribution in [0.15, 0.2) is 48.5 Å². The van der Waals surface area contributed by atoms with Gasteiger partial charge < -0.3 is 15.4 Å². The number of anilines is 1. The van der Waals surface area contributed by atoms with E-state index in [0.29, 0.717) is 30.0 Å². The van der Waals surface area contributed by atoms with Crippen molar-refractivity contribution >= 4 is 34.8 Å². The Kier molecular flexibility index (Phi) is 9.80. The van der Waals surface area contributed by atoms with Gasteiger partial charge in [0.1, 0.15) is 5.75 Å². The summed E-state index contributed by atoms with van der Waals surface area (Å²) >= 11 is 5.23. The van der Waals surface area contributed by atoms with Crippen molar-refractivity contribution < 1.29 is 14.3 Å². The Morgan fingerprint density at radius 2 is 1.70 bits per heavy atom. The van der Waals surface area contributed by atoms with Crippen molar-refractivity contribution in [1.29, 1.82) is 0 Å². The molecule has 0 fully saturated rings. The van der Waals surface area contributed by atoms with Crippen LogP contribution in [-0.4, -0.2) is 30.1 Å². The van der Waals surface area contributed by atoms with Gasteiger partial charge in [-0.2, -0.15) is 0 Å². The van der Waals surface area contributed by atoms with Crippen molar-refractivity contribution in [2.24, 2.45) is 0 Å². The Bertz CT molecular complexity index is 853. The van der Waals surface area contributed by atoms with E-state index >= 15 is 0 Å². The summed E-state index contributed by atoms with van der Waals surface area (Å²) in [6, 6.07) is 13.9. The summed E-state index contributed by atoms with van der Waals surface area (Å²) < 4.78 is 5.66. The van der Waals surface area contributed by atoms with Crippen LogP contribution in [0.3, 0.4) is 0 Å². The van der Waals surface area contributed by atoms with Crippen molar-refractivity contribution in [3.8, 4) is 5.75 Å². The second kappa shape index (κ2) is 12.6. The highest BCUT2D eigenvalue weighted by Crippen LogP contribution is 2.14. The van der Waals surface area contributed by atoms with Crippen LogP contribution in [-0.2, 0) is 0 Å². The van der Waals surface area contributed by atoms with Crippen molar-refractivity contribution in [3.63, 3.8) is 0 Å². The second-order valence-electron chi connectivity index (χ2n) is 6.82. The maximum Gasteiger partial charge on any atom is 0.257 e. The molecule has 0 radical (unpaired) electrons. The van der Waals surface area contributed by atoms with Gasteiger partial charge in [-0.05, 0) is 67.5 Å². The monoisotopic (exact) mass is 427 g/mol. The Morgan fingerprint density at radius 3 is 2.40 bits per heavy atom. The van der Waals surface area contributed by atoms with Crippen molar-refractivity contribution in [1.82, 2.24) is 10.6 Å². The SMILES string of the molecule is CCCCCOc1ccc(C(=O)NC(=S)Nc2cccc(C(=O)NCCC)c2)cc1. The van der Waals surface area contributed by atoms with Gasteiger partial charge >= 0.3 is 0 Å². The van der Waals surface area contributed by atoms with Crippen LogP contribution in [0.1, 0.15) is 60.2 Å². The first-order valence-corrected chi connectivity index (χ1v) is 10.7. The fraction of sp³-hybridized carbons (Fsp3) is 0.348. The van der Waals surface area contributed by atoms with Crippen molar-refractivity contribution in [2.75, 3.05) is 18.5 Å². The molecule has 0 saturated carbocycles. The average Bonchev–Trinajstić information content (AvgIpc) is 2.75. The van der Waals surface area contributed by atoms with Gasteiger partial charge in [-0.25, -0.2) is 0 Å². The lowest BCUT2D eigenvalue weighted by molar-refractivity contribution is 0.0951. The number of benzene rings is 2. The molecule has 160 valence electrons.